The zero-order chi connectivity index (χ0) is 17.2. The second-order valence-electron chi connectivity index (χ2n) is 7.75. The van der Waals surface area contributed by atoms with Gasteiger partial charge in [0, 0.05) is 16.1 Å². The molecule has 1 nitrogen and oxygen atoms in total. The Morgan fingerprint density at radius 2 is 1.40 bits per heavy atom. The van der Waals surface area contributed by atoms with E-state index in [2.05, 4.69) is 62.4 Å². The molecule has 0 aromatic heterocycles. The first kappa shape index (κ1) is 15.0. The molecule has 0 saturated carbocycles. The molecule has 1 aliphatic carbocycles. The van der Waals surface area contributed by atoms with Crippen molar-refractivity contribution in [1.29, 1.82) is 0 Å². The molecule has 0 bridgehead atoms. The molecule has 0 N–H and O–H groups in total. The quantitative estimate of drug-likeness (QED) is 0.453. The van der Waals surface area contributed by atoms with Gasteiger partial charge in [-0.15, -0.1) is 0 Å². The van der Waals surface area contributed by atoms with Gasteiger partial charge in [-0.25, -0.2) is 0 Å². The second-order valence-corrected chi connectivity index (χ2v) is 8.19. The van der Waals surface area contributed by atoms with Crippen LogP contribution in [0.5, 0.6) is 11.5 Å². The maximum Gasteiger partial charge on any atom is 0.131 e. The van der Waals surface area contributed by atoms with Crippen molar-refractivity contribution < 1.29 is 4.74 Å². The topological polar surface area (TPSA) is 9.23 Å². The molecule has 1 unspecified atom stereocenters. The van der Waals surface area contributed by atoms with Crippen LogP contribution in [-0.4, -0.2) is 0 Å². The third kappa shape index (κ3) is 1.90. The van der Waals surface area contributed by atoms with E-state index in [4.69, 9.17) is 16.3 Å². The van der Waals surface area contributed by atoms with E-state index in [9.17, 15) is 0 Å². The summed E-state index contributed by atoms with van der Waals surface area (Å²) in [7, 11) is 0. The summed E-state index contributed by atoms with van der Waals surface area (Å²) in [5.74, 6) is 1.86. The monoisotopic (exact) mass is 346 g/mol. The van der Waals surface area contributed by atoms with Gasteiger partial charge in [-0.05, 0) is 47.2 Å². The predicted octanol–water partition coefficient (Wildman–Crippen LogP) is 6.46. The molecule has 1 atom stereocenters. The zero-order valence-corrected chi connectivity index (χ0v) is 15.1. The SMILES string of the molecule is CC1(C)CC2(c3ccccc3Oc3ccc(Cl)cc32)c2ccccc21. The highest BCUT2D eigenvalue weighted by molar-refractivity contribution is 6.30. The fraction of sp³-hybridized carbons (Fsp3) is 0.217. The minimum atomic E-state index is -0.213. The molecule has 0 fully saturated rings. The van der Waals surface area contributed by atoms with E-state index in [0.29, 0.717) is 0 Å². The van der Waals surface area contributed by atoms with Crippen molar-refractivity contribution in [3.05, 3.63) is 94.0 Å². The Labute approximate surface area is 153 Å². The molecule has 5 rings (SSSR count). The summed E-state index contributed by atoms with van der Waals surface area (Å²) in [5.41, 5.74) is 5.08. The lowest BCUT2D eigenvalue weighted by molar-refractivity contribution is 0.382. The number of para-hydroxylation sites is 1. The van der Waals surface area contributed by atoms with Gasteiger partial charge in [0.1, 0.15) is 11.5 Å². The summed E-state index contributed by atoms with van der Waals surface area (Å²) in [4.78, 5) is 0. The third-order valence-electron chi connectivity index (χ3n) is 5.79. The summed E-state index contributed by atoms with van der Waals surface area (Å²) in [6, 6.07) is 23.3. The number of benzene rings is 3. The number of rotatable bonds is 0. The van der Waals surface area contributed by atoms with Gasteiger partial charge >= 0.3 is 0 Å². The van der Waals surface area contributed by atoms with E-state index in [1.54, 1.807) is 0 Å². The predicted molar refractivity (Wildman–Crippen MR) is 102 cm³/mol. The van der Waals surface area contributed by atoms with Crippen LogP contribution in [-0.2, 0) is 10.8 Å². The van der Waals surface area contributed by atoms with E-state index in [1.165, 1.54) is 22.3 Å². The normalized spacial score (nSPS) is 22.0. The first-order valence-corrected chi connectivity index (χ1v) is 9.08. The smallest absolute Gasteiger partial charge is 0.131 e. The number of halogens is 1. The molecule has 0 saturated heterocycles. The molecule has 0 amide bonds. The van der Waals surface area contributed by atoms with Gasteiger partial charge < -0.3 is 4.74 Å². The van der Waals surface area contributed by atoms with Crippen LogP contribution in [0.1, 0.15) is 42.5 Å². The first-order chi connectivity index (χ1) is 12.0. The summed E-state index contributed by atoms with van der Waals surface area (Å²) >= 11 is 6.41. The highest BCUT2D eigenvalue weighted by Crippen LogP contribution is 2.62. The molecule has 124 valence electrons. The fourth-order valence-electron chi connectivity index (χ4n) is 4.88. The Kier molecular flexibility index (Phi) is 2.94. The lowest BCUT2D eigenvalue weighted by Gasteiger charge is -2.39. The highest BCUT2D eigenvalue weighted by atomic mass is 35.5. The van der Waals surface area contributed by atoms with Crippen LogP contribution < -0.4 is 4.74 Å². The van der Waals surface area contributed by atoms with Crippen LogP contribution >= 0.6 is 11.6 Å². The van der Waals surface area contributed by atoms with E-state index >= 15 is 0 Å². The molecule has 1 heterocycles. The largest absolute Gasteiger partial charge is 0.457 e. The second kappa shape index (κ2) is 4.89. The maximum atomic E-state index is 6.41. The van der Waals surface area contributed by atoms with Crippen molar-refractivity contribution in [2.24, 2.45) is 0 Å². The Hall–Kier alpha value is -2.25. The van der Waals surface area contributed by atoms with Crippen LogP contribution in [0.25, 0.3) is 0 Å². The van der Waals surface area contributed by atoms with Crippen molar-refractivity contribution in [1.82, 2.24) is 0 Å². The van der Waals surface area contributed by atoms with Crippen molar-refractivity contribution >= 4 is 11.6 Å². The van der Waals surface area contributed by atoms with Gasteiger partial charge in [0.25, 0.3) is 0 Å². The summed E-state index contributed by atoms with van der Waals surface area (Å²) in [5, 5.41) is 0.753. The molecule has 2 aliphatic rings. The van der Waals surface area contributed by atoms with Crippen LogP contribution in [0.3, 0.4) is 0 Å². The minimum Gasteiger partial charge on any atom is -0.457 e. The van der Waals surface area contributed by atoms with Crippen molar-refractivity contribution in [2.75, 3.05) is 0 Å². The molecule has 0 radical (unpaired) electrons. The maximum absolute atomic E-state index is 6.41. The molecule has 3 aromatic rings. The zero-order valence-electron chi connectivity index (χ0n) is 14.3. The lowest BCUT2D eigenvalue weighted by atomic mass is 9.67. The summed E-state index contributed by atoms with van der Waals surface area (Å²) in [6.07, 6.45) is 1.01. The van der Waals surface area contributed by atoms with E-state index in [1.807, 2.05) is 18.2 Å². The lowest BCUT2D eigenvalue weighted by Crippen LogP contribution is -2.32. The van der Waals surface area contributed by atoms with Gasteiger partial charge in [0.05, 0.1) is 5.41 Å². The van der Waals surface area contributed by atoms with Crippen LogP contribution in [0.4, 0.5) is 0 Å². The first-order valence-electron chi connectivity index (χ1n) is 8.70. The average molecular weight is 347 g/mol. The van der Waals surface area contributed by atoms with E-state index in [0.717, 1.165) is 22.9 Å². The van der Waals surface area contributed by atoms with E-state index in [-0.39, 0.29) is 10.8 Å². The van der Waals surface area contributed by atoms with Crippen LogP contribution in [0, 0.1) is 0 Å². The summed E-state index contributed by atoms with van der Waals surface area (Å²) in [6.45, 7) is 4.67. The number of fused-ring (bicyclic) bond motifs is 6. The minimum absolute atomic E-state index is 0.0840. The van der Waals surface area contributed by atoms with Crippen molar-refractivity contribution in [3.63, 3.8) is 0 Å². The highest BCUT2D eigenvalue weighted by Gasteiger charge is 2.53. The number of ether oxygens (including phenoxy) is 1. The van der Waals surface area contributed by atoms with Gasteiger partial charge in [-0.2, -0.15) is 0 Å². The van der Waals surface area contributed by atoms with Gasteiger partial charge in [0.2, 0.25) is 0 Å². The average Bonchev–Trinajstić information content (AvgIpc) is 2.85. The number of hydrogen-bond acceptors (Lipinski definition) is 1. The Morgan fingerprint density at radius 3 is 2.20 bits per heavy atom. The van der Waals surface area contributed by atoms with Gasteiger partial charge in [-0.1, -0.05) is 67.9 Å². The molecular formula is C23H19ClO. The Balaban J connectivity index is 1.93. The molecule has 2 heteroatoms. The molecule has 3 aromatic carbocycles. The molecule has 1 spiro atoms. The summed E-state index contributed by atoms with van der Waals surface area (Å²) < 4.78 is 6.24. The molecular weight excluding hydrogens is 328 g/mol. The Bertz CT molecular complexity index is 1000. The van der Waals surface area contributed by atoms with Crippen LogP contribution in [0.15, 0.2) is 66.7 Å². The fourth-order valence-corrected chi connectivity index (χ4v) is 5.05. The van der Waals surface area contributed by atoms with Crippen molar-refractivity contribution in [2.45, 2.75) is 31.1 Å². The molecule has 1 aliphatic heterocycles. The van der Waals surface area contributed by atoms with E-state index < -0.39 is 0 Å². The van der Waals surface area contributed by atoms with Crippen LogP contribution in [0.2, 0.25) is 5.02 Å². The Morgan fingerprint density at radius 1 is 0.760 bits per heavy atom. The molecule has 25 heavy (non-hydrogen) atoms. The number of hydrogen-bond donors (Lipinski definition) is 0. The van der Waals surface area contributed by atoms with Crippen molar-refractivity contribution in [3.8, 4) is 11.5 Å². The van der Waals surface area contributed by atoms with Gasteiger partial charge in [0.15, 0.2) is 0 Å². The van der Waals surface area contributed by atoms with Gasteiger partial charge in [-0.3, -0.25) is 0 Å². The standard InChI is InChI=1S/C23H19ClO/c1-22(2)14-23(17-8-4-3-7-16(17)22)18-9-5-6-10-20(18)25-21-12-11-15(24)13-19(21)23/h3-13H,14H2,1-2H3. The third-order valence-corrected chi connectivity index (χ3v) is 6.03.